The number of carbonyl (C=O) groups is 1. The third-order valence-corrected chi connectivity index (χ3v) is 5.46. The van der Waals surface area contributed by atoms with Crippen LogP contribution in [0.1, 0.15) is 28.7 Å². The van der Waals surface area contributed by atoms with Gasteiger partial charge in [-0.05, 0) is 29.2 Å². The molecule has 0 N–H and O–H groups in total. The van der Waals surface area contributed by atoms with Gasteiger partial charge in [0, 0.05) is 6.42 Å². The van der Waals surface area contributed by atoms with Crippen LogP contribution in [-0.2, 0) is 27.2 Å². The van der Waals surface area contributed by atoms with E-state index in [-0.39, 0.29) is 13.0 Å². The number of halogens is 1. The molecule has 1 aliphatic carbocycles. The van der Waals surface area contributed by atoms with Crippen LogP contribution in [-0.4, -0.2) is 5.97 Å². The van der Waals surface area contributed by atoms with Crippen molar-refractivity contribution in [3.05, 3.63) is 107 Å². The van der Waals surface area contributed by atoms with Crippen LogP contribution in [0.4, 0.5) is 4.39 Å². The minimum absolute atomic E-state index is 0.0997. The maximum absolute atomic E-state index is 16.2. The average Bonchev–Trinajstić information content (AvgIpc) is 3.36. The van der Waals surface area contributed by atoms with Gasteiger partial charge in [-0.2, -0.15) is 0 Å². The second-order valence-electron chi connectivity index (χ2n) is 7.13. The first-order valence-electron chi connectivity index (χ1n) is 9.10. The smallest absolute Gasteiger partial charge is 0.320 e. The maximum atomic E-state index is 16.2. The number of carbonyl (C=O) groups excluding carboxylic acids is 1. The zero-order valence-corrected chi connectivity index (χ0v) is 15.2. The molecule has 27 heavy (non-hydrogen) atoms. The van der Waals surface area contributed by atoms with Gasteiger partial charge in [-0.15, -0.1) is 0 Å². The topological polar surface area (TPSA) is 26.3 Å². The molecule has 0 bridgehead atoms. The number of alkyl halides is 1. The number of hydrogen-bond donors (Lipinski definition) is 0. The van der Waals surface area contributed by atoms with E-state index in [4.69, 9.17) is 4.74 Å². The van der Waals surface area contributed by atoms with Crippen molar-refractivity contribution >= 4 is 5.97 Å². The molecule has 3 aromatic rings. The Morgan fingerprint density at radius 2 is 1.52 bits per heavy atom. The lowest BCUT2D eigenvalue weighted by molar-refractivity contribution is -0.149. The molecule has 1 fully saturated rings. The number of ether oxygens (including phenoxy) is 1. The van der Waals surface area contributed by atoms with Crippen LogP contribution in [0.2, 0.25) is 0 Å². The molecule has 0 unspecified atom stereocenters. The number of aryl methyl sites for hydroxylation is 1. The minimum atomic E-state index is -1.76. The Labute approximate surface area is 158 Å². The number of esters is 1. The molecule has 0 amide bonds. The first-order valence-corrected chi connectivity index (χ1v) is 9.10. The fourth-order valence-electron chi connectivity index (χ4n) is 3.92. The van der Waals surface area contributed by atoms with Gasteiger partial charge < -0.3 is 4.74 Å². The van der Waals surface area contributed by atoms with Gasteiger partial charge in [-0.1, -0.05) is 84.9 Å². The number of hydrogen-bond acceptors (Lipinski definition) is 2. The molecular formula is C24H21FO2. The molecule has 0 spiro atoms. The predicted molar refractivity (Wildman–Crippen MR) is 103 cm³/mol. The maximum Gasteiger partial charge on any atom is 0.320 e. The van der Waals surface area contributed by atoms with Crippen molar-refractivity contribution in [1.82, 2.24) is 0 Å². The minimum Gasteiger partial charge on any atom is -0.460 e. The Balaban J connectivity index is 1.69. The van der Waals surface area contributed by atoms with E-state index in [9.17, 15) is 4.79 Å². The summed E-state index contributed by atoms with van der Waals surface area (Å²) in [6.07, 6.45) is 0.0997. The van der Waals surface area contributed by atoms with E-state index in [0.29, 0.717) is 11.1 Å². The summed E-state index contributed by atoms with van der Waals surface area (Å²) in [7, 11) is 0. The highest BCUT2D eigenvalue weighted by Gasteiger charge is 2.76. The summed E-state index contributed by atoms with van der Waals surface area (Å²) in [6.45, 7) is 2.01. The summed E-state index contributed by atoms with van der Waals surface area (Å²) < 4.78 is 21.8. The van der Waals surface area contributed by atoms with Crippen molar-refractivity contribution in [2.75, 3.05) is 0 Å². The van der Waals surface area contributed by atoms with Gasteiger partial charge in [0.05, 0.1) is 0 Å². The Kier molecular flexibility index (Phi) is 4.31. The summed E-state index contributed by atoms with van der Waals surface area (Å²) >= 11 is 0. The van der Waals surface area contributed by atoms with Crippen molar-refractivity contribution < 1.29 is 13.9 Å². The van der Waals surface area contributed by atoms with E-state index in [0.717, 1.165) is 11.1 Å². The van der Waals surface area contributed by atoms with Crippen LogP contribution in [0.25, 0.3) is 0 Å². The molecule has 1 saturated carbocycles. The highest BCUT2D eigenvalue weighted by Crippen LogP contribution is 2.67. The fraction of sp³-hybridized carbons (Fsp3) is 0.208. The summed E-state index contributed by atoms with van der Waals surface area (Å²) in [5.74, 6) is -0.511. The van der Waals surface area contributed by atoms with Gasteiger partial charge in [0.25, 0.3) is 0 Å². The van der Waals surface area contributed by atoms with Crippen LogP contribution < -0.4 is 0 Å². The molecule has 2 nitrogen and oxygen atoms in total. The van der Waals surface area contributed by atoms with Crippen molar-refractivity contribution in [2.45, 2.75) is 31.0 Å². The van der Waals surface area contributed by atoms with Crippen LogP contribution >= 0.6 is 0 Å². The van der Waals surface area contributed by atoms with Crippen LogP contribution in [0.3, 0.4) is 0 Å². The SMILES string of the molecule is Cc1ccccc1[C@]1(F)C[C@]1(C(=O)OCc1ccccc1)c1ccccc1. The highest BCUT2D eigenvalue weighted by molar-refractivity contribution is 5.90. The van der Waals surface area contributed by atoms with Crippen LogP contribution in [0.15, 0.2) is 84.9 Å². The van der Waals surface area contributed by atoms with Crippen molar-refractivity contribution in [1.29, 1.82) is 0 Å². The second kappa shape index (κ2) is 6.66. The molecule has 0 aromatic heterocycles. The zero-order valence-electron chi connectivity index (χ0n) is 15.2. The quantitative estimate of drug-likeness (QED) is 0.581. The van der Waals surface area contributed by atoms with Gasteiger partial charge in [-0.3, -0.25) is 4.79 Å². The number of benzene rings is 3. The van der Waals surface area contributed by atoms with Gasteiger partial charge in [-0.25, -0.2) is 4.39 Å². The zero-order chi connectivity index (χ0) is 18.9. The third kappa shape index (κ3) is 2.84. The first kappa shape index (κ1) is 17.5. The molecule has 4 rings (SSSR count). The summed E-state index contributed by atoms with van der Waals surface area (Å²) in [5.41, 5.74) is -0.106. The van der Waals surface area contributed by atoms with Crippen molar-refractivity contribution in [3.8, 4) is 0 Å². The van der Waals surface area contributed by atoms with Gasteiger partial charge in [0.1, 0.15) is 12.0 Å². The summed E-state index contributed by atoms with van der Waals surface area (Å²) in [5, 5.41) is 0. The molecule has 2 atom stereocenters. The lowest BCUT2D eigenvalue weighted by Crippen LogP contribution is -2.30. The Morgan fingerprint density at radius 3 is 2.19 bits per heavy atom. The second-order valence-corrected chi connectivity index (χ2v) is 7.13. The monoisotopic (exact) mass is 360 g/mol. The molecule has 0 radical (unpaired) electrons. The normalized spacial score (nSPS) is 23.6. The Hall–Kier alpha value is -2.94. The van der Waals surface area contributed by atoms with E-state index in [1.807, 2.05) is 85.8 Å². The number of rotatable bonds is 5. The molecule has 0 heterocycles. The van der Waals surface area contributed by atoms with E-state index >= 15 is 4.39 Å². The van der Waals surface area contributed by atoms with Crippen LogP contribution in [0, 0.1) is 6.92 Å². The van der Waals surface area contributed by atoms with E-state index in [2.05, 4.69) is 0 Å². The Bertz CT molecular complexity index is 954. The molecular weight excluding hydrogens is 339 g/mol. The largest absolute Gasteiger partial charge is 0.460 e. The standard InChI is InChI=1S/C24H21FO2/c1-18-10-8-9-15-21(18)24(25)17-23(24,20-13-6-3-7-14-20)22(26)27-16-19-11-4-2-5-12-19/h2-15H,16-17H2,1H3/t23-,24-/m1/s1. The van der Waals surface area contributed by atoms with E-state index in [1.165, 1.54) is 0 Å². The summed E-state index contributed by atoms with van der Waals surface area (Å²) in [4.78, 5) is 13.1. The van der Waals surface area contributed by atoms with Crippen molar-refractivity contribution in [3.63, 3.8) is 0 Å². The average molecular weight is 360 g/mol. The van der Waals surface area contributed by atoms with Crippen molar-refractivity contribution in [2.24, 2.45) is 0 Å². The van der Waals surface area contributed by atoms with Gasteiger partial charge in [0.15, 0.2) is 5.67 Å². The lowest BCUT2D eigenvalue weighted by Gasteiger charge is -2.21. The first-order chi connectivity index (χ1) is 13.1. The molecule has 0 saturated heterocycles. The van der Waals surface area contributed by atoms with Gasteiger partial charge in [0.2, 0.25) is 0 Å². The Morgan fingerprint density at radius 1 is 0.926 bits per heavy atom. The predicted octanol–water partition coefficient (Wildman–Crippen LogP) is 5.24. The molecule has 3 aromatic carbocycles. The van der Waals surface area contributed by atoms with E-state index in [1.54, 1.807) is 6.07 Å². The third-order valence-electron chi connectivity index (χ3n) is 5.46. The van der Waals surface area contributed by atoms with Crippen LogP contribution in [0.5, 0.6) is 0 Å². The molecule has 1 aliphatic rings. The fourth-order valence-corrected chi connectivity index (χ4v) is 3.92. The molecule has 0 aliphatic heterocycles. The lowest BCUT2D eigenvalue weighted by atomic mass is 9.88. The van der Waals surface area contributed by atoms with E-state index < -0.39 is 17.1 Å². The summed E-state index contributed by atoms with van der Waals surface area (Å²) in [6, 6.07) is 25.9. The molecule has 136 valence electrons. The van der Waals surface area contributed by atoms with Gasteiger partial charge >= 0.3 is 5.97 Å². The molecule has 3 heteroatoms. The highest BCUT2D eigenvalue weighted by atomic mass is 19.1.